The van der Waals surface area contributed by atoms with E-state index in [1.54, 1.807) is 0 Å². The van der Waals surface area contributed by atoms with E-state index in [9.17, 15) is 14.7 Å². The van der Waals surface area contributed by atoms with Gasteiger partial charge in [0.15, 0.2) is 0 Å². The number of rotatable bonds is 33. The molecule has 0 fully saturated rings. The highest BCUT2D eigenvalue weighted by Crippen LogP contribution is 2.17. The molecule has 0 heterocycles. The maximum atomic E-state index is 12.3. The standard InChI is InChI=1S/C39H70O4/c1-3-5-7-9-11-13-15-17-18-19-20-21-22-23-25-27-29-31-33-35-39(42)43-37(36-38(40)41)34-32-30-28-26-24-16-14-12-10-8-6-4-2/h5,7,11,13,17-18,37H,3-4,6,8-10,12,14-16,19-36H2,1-2H3,(H,40,41)/b7-5-,13-11-,18-17-. The predicted octanol–water partition coefficient (Wildman–Crippen LogP) is 12.6. The molecule has 0 saturated heterocycles. The van der Waals surface area contributed by atoms with Crippen molar-refractivity contribution in [2.24, 2.45) is 0 Å². The topological polar surface area (TPSA) is 63.6 Å². The van der Waals surface area contributed by atoms with Crippen LogP contribution in [-0.2, 0) is 14.3 Å². The van der Waals surface area contributed by atoms with Crippen molar-refractivity contribution in [2.75, 3.05) is 0 Å². The van der Waals surface area contributed by atoms with Gasteiger partial charge in [-0.05, 0) is 51.4 Å². The predicted molar refractivity (Wildman–Crippen MR) is 186 cm³/mol. The molecule has 1 unspecified atom stereocenters. The van der Waals surface area contributed by atoms with Crippen LogP contribution in [0, 0.1) is 0 Å². The summed E-state index contributed by atoms with van der Waals surface area (Å²) >= 11 is 0. The van der Waals surface area contributed by atoms with E-state index in [-0.39, 0.29) is 12.4 Å². The first-order valence-corrected chi connectivity index (χ1v) is 18.5. The monoisotopic (exact) mass is 603 g/mol. The normalized spacial score (nSPS) is 12.6. The average molecular weight is 603 g/mol. The van der Waals surface area contributed by atoms with Gasteiger partial charge in [-0.2, -0.15) is 0 Å². The van der Waals surface area contributed by atoms with E-state index in [2.05, 4.69) is 50.3 Å². The summed E-state index contributed by atoms with van der Waals surface area (Å²) in [5, 5.41) is 9.23. The molecule has 0 aromatic heterocycles. The second-order valence-electron chi connectivity index (χ2n) is 12.4. The SMILES string of the molecule is CC/C=C\C/C=C\C/C=C\CCCCCCCCCCCC(=O)OC(CCCCCCCCCCCCCC)CC(=O)O. The lowest BCUT2D eigenvalue weighted by Gasteiger charge is -2.16. The Balaban J connectivity index is 3.65. The number of allylic oxidation sites excluding steroid dienone is 6. The summed E-state index contributed by atoms with van der Waals surface area (Å²) in [6.07, 6.45) is 44.5. The highest BCUT2D eigenvalue weighted by molar-refractivity contribution is 5.71. The number of hydrogen-bond acceptors (Lipinski definition) is 3. The Morgan fingerprint density at radius 2 is 1.00 bits per heavy atom. The summed E-state index contributed by atoms with van der Waals surface area (Å²) in [4.78, 5) is 23.6. The zero-order chi connectivity index (χ0) is 31.5. The maximum absolute atomic E-state index is 12.3. The first-order valence-electron chi connectivity index (χ1n) is 18.5. The lowest BCUT2D eigenvalue weighted by atomic mass is 10.0. The number of aliphatic carboxylic acids is 1. The molecular formula is C39H70O4. The van der Waals surface area contributed by atoms with Crippen LogP contribution in [0.5, 0.6) is 0 Å². The number of ether oxygens (including phenoxy) is 1. The summed E-state index contributed by atoms with van der Waals surface area (Å²) < 4.78 is 5.57. The molecule has 1 atom stereocenters. The molecule has 0 amide bonds. The van der Waals surface area contributed by atoms with E-state index < -0.39 is 12.1 Å². The van der Waals surface area contributed by atoms with Gasteiger partial charge >= 0.3 is 11.9 Å². The van der Waals surface area contributed by atoms with E-state index in [0.717, 1.165) is 51.4 Å². The summed E-state index contributed by atoms with van der Waals surface area (Å²) in [7, 11) is 0. The van der Waals surface area contributed by atoms with Crippen LogP contribution in [0.2, 0.25) is 0 Å². The smallest absolute Gasteiger partial charge is 0.307 e. The van der Waals surface area contributed by atoms with Crippen LogP contribution in [0.4, 0.5) is 0 Å². The Bertz CT molecular complexity index is 693. The van der Waals surface area contributed by atoms with Gasteiger partial charge in [0.2, 0.25) is 0 Å². The minimum absolute atomic E-state index is 0.0748. The molecule has 0 saturated carbocycles. The van der Waals surface area contributed by atoms with Crippen molar-refractivity contribution in [3.63, 3.8) is 0 Å². The Hall–Kier alpha value is -1.84. The van der Waals surface area contributed by atoms with Crippen LogP contribution in [-0.4, -0.2) is 23.1 Å². The van der Waals surface area contributed by atoms with Crippen molar-refractivity contribution in [3.05, 3.63) is 36.5 Å². The molecule has 0 aliphatic heterocycles. The van der Waals surface area contributed by atoms with E-state index in [1.807, 2.05) is 0 Å². The molecule has 250 valence electrons. The van der Waals surface area contributed by atoms with Gasteiger partial charge in [0, 0.05) is 6.42 Å². The van der Waals surface area contributed by atoms with E-state index >= 15 is 0 Å². The number of unbranched alkanes of at least 4 members (excludes halogenated alkanes) is 20. The lowest BCUT2D eigenvalue weighted by Crippen LogP contribution is -2.21. The van der Waals surface area contributed by atoms with Crippen molar-refractivity contribution >= 4 is 11.9 Å². The van der Waals surface area contributed by atoms with Gasteiger partial charge < -0.3 is 9.84 Å². The third-order valence-electron chi connectivity index (χ3n) is 8.11. The van der Waals surface area contributed by atoms with Crippen LogP contribution in [0.25, 0.3) is 0 Å². The highest BCUT2D eigenvalue weighted by atomic mass is 16.5. The minimum atomic E-state index is -0.882. The van der Waals surface area contributed by atoms with Gasteiger partial charge in [-0.1, -0.05) is 166 Å². The number of carbonyl (C=O) groups excluding carboxylic acids is 1. The quantitative estimate of drug-likeness (QED) is 0.0461. The fraction of sp³-hybridized carbons (Fsp3) is 0.795. The van der Waals surface area contributed by atoms with E-state index in [1.165, 1.54) is 109 Å². The summed E-state index contributed by atoms with van der Waals surface area (Å²) in [6.45, 7) is 4.42. The van der Waals surface area contributed by atoms with E-state index in [4.69, 9.17) is 4.74 Å². The van der Waals surface area contributed by atoms with Gasteiger partial charge in [0.25, 0.3) is 0 Å². The molecule has 0 rings (SSSR count). The average Bonchev–Trinajstić information content (AvgIpc) is 2.98. The zero-order valence-electron chi connectivity index (χ0n) is 28.5. The molecule has 0 aromatic rings. The molecule has 0 aliphatic rings. The third kappa shape index (κ3) is 34.5. The largest absolute Gasteiger partial charge is 0.481 e. The fourth-order valence-electron chi connectivity index (χ4n) is 5.45. The Morgan fingerprint density at radius 1 is 0.558 bits per heavy atom. The van der Waals surface area contributed by atoms with Crippen molar-refractivity contribution in [3.8, 4) is 0 Å². The number of esters is 1. The van der Waals surface area contributed by atoms with Crippen LogP contribution < -0.4 is 0 Å². The summed E-state index contributed by atoms with van der Waals surface area (Å²) in [5.41, 5.74) is 0. The first-order chi connectivity index (χ1) is 21.1. The van der Waals surface area contributed by atoms with Crippen LogP contribution in [0.1, 0.15) is 194 Å². The molecule has 0 radical (unpaired) electrons. The van der Waals surface area contributed by atoms with Crippen molar-refractivity contribution in [1.29, 1.82) is 0 Å². The number of carbonyl (C=O) groups is 2. The molecule has 0 bridgehead atoms. The van der Waals surface area contributed by atoms with Crippen molar-refractivity contribution in [1.82, 2.24) is 0 Å². The van der Waals surface area contributed by atoms with Gasteiger partial charge in [-0.25, -0.2) is 0 Å². The zero-order valence-corrected chi connectivity index (χ0v) is 28.5. The Labute approximate surface area is 267 Å². The number of hydrogen-bond donors (Lipinski definition) is 1. The lowest BCUT2D eigenvalue weighted by molar-refractivity contribution is -0.153. The highest BCUT2D eigenvalue weighted by Gasteiger charge is 2.17. The molecule has 4 heteroatoms. The Morgan fingerprint density at radius 3 is 1.51 bits per heavy atom. The van der Waals surface area contributed by atoms with Gasteiger partial charge in [0.1, 0.15) is 6.10 Å². The molecule has 0 spiro atoms. The van der Waals surface area contributed by atoms with Crippen LogP contribution in [0.15, 0.2) is 36.5 Å². The summed E-state index contributed by atoms with van der Waals surface area (Å²) in [5.74, 6) is -1.11. The molecule has 0 aromatic carbocycles. The molecular weight excluding hydrogens is 532 g/mol. The third-order valence-corrected chi connectivity index (χ3v) is 8.11. The number of carboxylic acid groups (broad SMARTS) is 1. The first kappa shape index (κ1) is 41.2. The van der Waals surface area contributed by atoms with Crippen molar-refractivity contribution < 1.29 is 19.4 Å². The van der Waals surface area contributed by atoms with Crippen molar-refractivity contribution in [2.45, 2.75) is 200 Å². The maximum Gasteiger partial charge on any atom is 0.307 e. The fourth-order valence-corrected chi connectivity index (χ4v) is 5.45. The molecule has 0 aliphatic carbocycles. The molecule has 1 N–H and O–H groups in total. The molecule has 4 nitrogen and oxygen atoms in total. The van der Waals surface area contributed by atoms with Gasteiger partial charge in [-0.15, -0.1) is 0 Å². The second-order valence-corrected chi connectivity index (χ2v) is 12.4. The van der Waals surface area contributed by atoms with Crippen LogP contribution >= 0.6 is 0 Å². The van der Waals surface area contributed by atoms with E-state index in [0.29, 0.717) is 12.8 Å². The molecule has 43 heavy (non-hydrogen) atoms. The minimum Gasteiger partial charge on any atom is -0.481 e. The van der Waals surface area contributed by atoms with Gasteiger partial charge in [0.05, 0.1) is 6.42 Å². The number of carboxylic acids is 1. The summed E-state index contributed by atoms with van der Waals surface area (Å²) in [6, 6.07) is 0. The second kappa shape index (κ2) is 34.6. The van der Waals surface area contributed by atoms with Gasteiger partial charge in [-0.3, -0.25) is 9.59 Å². The Kier molecular flexibility index (Phi) is 33.2. The van der Waals surface area contributed by atoms with Crippen LogP contribution in [0.3, 0.4) is 0 Å².